The molecule has 6 nitrogen and oxygen atoms in total. The van der Waals surface area contributed by atoms with Crippen LogP contribution < -0.4 is 10.6 Å². The highest BCUT2D eigenvalue weighted by Crippen LogP contribution is 2.10. The molecule has 2 N–H and O–H groups in total. The van der Waals surface area contributed by atoms with Gasteiger partial charge in [0.05, 0.1) is 6.54 Å². The molecule has 0 aliphatic rings. The van der Waals surface area contributed by atoms with E-state index in [9.17, 15) is 9.59 Å². The number of carbonyl (C=O) groups excluding carboxylic acids is 2. The zero-order valence-electron chi connectivity index (χ0n) is 10.8. The SMILES string of the molecule is Cn1ccc(NC(=O)CNC(=O)c2cccc(Cl)c2)n1. The van der Waals surface area contributed by atoms with E-state index in [1.54, 1.807) is 42.2 Å². The molecule has 0 aliphatic heterocycles. The van der Waals surface area contributed by atoms with Crippen LogP contribution in [0.15, 0.2) is 36.5 Å². The Hall–Kier alpha value is -2.34. The van der Waals surface area contributed by atoms with Gasteiger partial charge in [-0.25, -0.2) is 0 Å². The van der Waals surface area contributed by atoms with Gasteiger partial charge in [-0.1, -0.05) is 17.7 Å². The number of aryl methyl sites for hydroxylation is 1. The van der Waals surface area contributed by atoms with Crippen LogP contribution in [0.3, 0.4) is 0 Å². The number of benzene rings is 1. The van der Waals surface area contributed by atoms with Gasteiger partial charge in [-0.15, -0.1) is 0 Å². The Morgan fingerprint density at radius 3 is 2.80 bits per heavy atom. The second-order valence-corrected chi connectivity index (χ2v) is 4.55. The first-order valence-electron chi connectivity index (χ1n) is 5.88. The Labute approximate surface area is 120 Å². The van der Waals surface area contributed by atoms with Crippen LogP contribution in [-0.4, -0.2) is 28.1 Å². The summed E-state index contributed by atoms with van der Waals surface area (Å²) in [4.78, 5) is 23.4. The Balaban J connectivity index is 1.85. The van der Waals surface area contributed by atoms with Crippen LogP contribution in [-0.2, 0) is 11.8 Å². The maximum absolute atomic E-state index is 11.8. The van der Waals surface area contributed by atoms with Crippen molar-refractivity contribution in [2.24, 2.45) is 7.05 Å². The van der Waals surface area contributed by atoms with E-state index in [0.717, 1.165) is 0 Å². The molecule has 2 amide bonds. The maximum atomic E-state index is 11.8. The van der Waals surface area contributed by atoms with Crippen LogP contribution >= 0.6 is 11.6 Å². The molecule has 0 atom stereocenters. The van der Waals surface area contributed by atoms with Crippen molar-refractivity contribution in [2.75, 3.05) is 11.9 Å². The second kappa shape index (κ2) is 6.21. The molecule has 2 rings (SSSR count). The van der Waals surface area contributed by atoms with Crippen LogP contribution in [0.1, 0.15) is 10.4 Å². The molecule has 0 saturated carbocycles. The number of carbonyl (C=O) groups is 2. The van der Waals surface area contributed by atoms with Gasteiger partial charge in [0.1, 0.15) is 0 Å². The van der Waals surface area contributed by atoms with Gasteiger partial charge in [0.25, 0.3) is 5.91 Å². The number of nitrogens with one attached hydrogen (secondary N) is 2. The van der Waals surface area contributed by atoms with Gasteiger partial charge in [0, 0.05) is 29.9 Å². The summed E-state index contributed by atoms with van der Waals surface area (Å²) in [5.41, 5.74) is 0.406. The molecular weight excluding hydrogens is 280 g/mol. The molecule has 1 heterocycles. The number of nitrogens with zero attached hydrogens (tertiary/aromatic N) is 2. The highest BCUT2D eigenvalue weighted by atomic mass is 35.5. The fourth-order valence-corrected chi connectivity index (χ4v) is 1.75. The zero-order valence-corrected chi connectivity index (χ0v) is 11.5. The summed E-state index contributed by atoms with van der Waals surface area (Å²) in [6.07, 6.45) is 1.71. The third kappa shape index (κ3) is 3.83. The summed E-state index contributed by atoms with van der Waals surface area (Å²) >= 11 is 5.79. The number of halogens is 1. The number of aromatic nitrogens is 2. The maximum Gasteiger partial charge on any atom is 0.251 e. The van der Waals surface area contributed by atoms with Crippen LogP contribution in [0.5, 0.6) is 0 Å². The van der Waals surface area contributed by atoms with Gasteiger partial charge in [0.15, 0.2) is 5.82 Å². The first-order valence-corrected chi connectivity index (χ1v) is 6.25. The molecule has 0 saturated heterocycles. The first-order chi connectivity index (χ1) is 9.54. The summed E-state index contributed by atoms with van der Waals surface area (Å²) < 4.78 is 1.57. The minimum Gasteiger partial charge on any atom is -0.343 e. The third-order valence-electron chi connectivity index (χ3n) is 2.48. The fraction of sp³-hybridized carbons (Fsp3) is 0.154. The molecule has 104 valence electrons. The van der Waals surface area contributed by atoms with Crippen molar-refractivity contribution in [3.8, 4) is 0 Å². The number of hydrogen-bond acceptors (Lipinski definition) is 3. The summed E-state index contributed by atoms with van der Waals surface area (Å²) in [6, 6.07) is 8.17. The Morgan fingerprint density at radius 1 is 1.35 bits per heavy atom. The predicted molar refractivity (Wildman–Crippen MR) is 75.6 cm³/mol. The van der Waals surface area contributed by atoms with E-state index in [-0.39, 0.29) is 18.4 Å². The van der Waals surface area contributed by atoms with Gasteiger partial charge in [-0.05, 0) is 18.2 Å². The average Bonchev–Trinajstić information content (AvgIpc) is 2.81. The number of hydrogen-bond donors (Lipinski definition) is 2. The Bertz CT molecular complexity index is 639. The minimum absolute atomic E-state index is 0.137. The van der Waals surface area contributed by atoms with Crippen molar-refractivity contribution < 1.29 is 9.59 Å². The lowest BCUT2D eigenvalue weighted by Crippen LogP contribution is -2.32. The van der Waals surface area contributed by atoms with E-state index in [4.69, 9.17) is 11.6 Å². The van der Waals surface area contributed by atoms with E-state index in [0.29, 0.717) is 16.4 Å². The van der Waals surface area contributed by atoms with Crippen LogP contribution in [0.25, 0.3) is 0 Å². The summed E-state index contributed by atoms with van der Waals surface area (Å²) in [5.74, 6) is -0.266. The summed E-state index contributed by atoms with van der Waals surface area (Å²) in [6.45, 7) is -0.137. The lowest BCUT2D eigenvalue weighted by atomic mass is 10.2. The topological polar surface area (TPSA) is 76.0 Å². The van der Waals surface area contributed by atoms with Crippen molar-refractivity contribution in [1.82, 2.24) is 15.1 Å². The highest BCUT2D eigenvalue weighted by Gasteiger charge is 2.09. The molecule has 7 heteroatoms. The first kappa shape index (κ1) is 14.1. The van der Waals surface area contributed by atoms with Crippen molar-refractivity contribution in [1.29, 1.82) is 0 Å². The molecule has 0 unspecified atom stereocenters. The smallest absolute Gasteiger partial charge is 0.251 e. The lowest BCUT2D eigenvalue weighted by Gasteiger charge is -2.05. The highest BCUT2D eigenvalue weighted by molar-refractivity contribution is 6.31. The van der Waals surface area contributed by atoms with E-state index in [1.807, 2.05) is 0 Å². The second-order valence-electron chi connectivity index (χ2n) is 4.12. The molecule has 0 aliphatic carbocycles. The number of rotatable bonds is 4. The summed E-state index contributed by atoms with van der Waals surface area (Å²) in [7, 11) is 1.75. The van der Waals surface area contributed by atoms with Gasteiger partial charge >= 0.3 is 0 Å². The standard InChI is InChI=1S/C13H13ClN4O2/c1-18-6-5-11(17-18)16-12(19)8-15-13(20)9-3-2-4-10(14)7-9/h2-7H,8H2,1H3,(H,15,20)(H,16,17,19). The van der Waals surface area contributed by atoms with Gasteiger partial charge < -0.3 is 10.6 Å². The van der Waals surface area contributed by atoms with E-state index < -0.39 is 0 Å². The zero-order chi connectivity index (χ0) is 14.5. The predicted octanol–water partition coefficient (Wildman–Crippen LogP) is 1.44. The molecule has 1 aromatic heterocycles. The van der Waals surface area contributed by atoms with Gasteiger partial charge in [0.2, 0.25) is 5.91 Å². The minimum atomic E-state index is -0.358. The molecule has 0 radical (unpaired) electrons. The monoisotopic (exact) mass is 292 g/mol. The van der Waals surface area contributed by atoms with Crippen molar-refractivity contribution in [3.05, 3.63) is 47.1 Å². The molecular formula is C13H13ClN4O2. The van der Waals surface area contributed by atoms with E-state index in [2.05, 4.69) is 15.7 Å². The van der Waals surface area contributed by atoms with E-state index >= 15 is 0 Å². The molecule has 20 heavy (non-hydrogen) atoms. The fourth-order valence-electron chi connectivity index (χ4n) is 1.56. The van der Waals surface area contributed by atoms with Gasteiger partial charge in [-0.2, -0.15) is 5.10 Å². The largest absolute Gasteiger partial charge is 0.343 e. The van der Waals surface area contributed by atoms with Crippen molar-refractivity contribution >= 4 is 29.2 Å². The normalized spacial score (nSPS) is 10.1. The molecule has 2 aromatic rings. The van der Waals surface area contributed by atoms with E-state index in [1.165, 1.54) is 6.07 Å². The Morgan fingerprint density at radius 2 is 2.15 bits per heavy atom. The average molecular weight is 293 g/mol. The third-order valence-corrected chi connectivity index (χ3v) is 2.71. The number of anilines is 1. The van der Waals surface area contributed by atoms with Crippen LogP contribution in [0.4, 0.5) is 5.82 Å². The molecule has 0 fully saturated rings. The van der Waals surface area contributed by atoms with Crippen LogP contribution in [0, 0.1) is 0 Å². The lowest BCUT2D eigenvalue weighted by molar-refractivity contribution is -0.115. The van der Waals surface area contributed by atoms with Crippen LogP contribution in [0.2, 0.25) is 5.02 Å². The number of amides is 2. The van der Waals surface area contributed by atoms with Crippen molar-refractivity contribution in [2.45, 2.75) is 0 Å². The van der Waals surface area contributed by atoms with Gasteiger partial charge in [-0.3, -0.25) is 14.3 Å². The summed E-state index contributed by atoms with van der Waals surface area (Å²) in [5, 5.41) is 9.55. The Kier molecular flexibility index (Phi) is 4.37. The molecule has 0 bridgehead atoms. The molecule has 1 aromatic carbocycles. The quantitative estimate of drug-likeness (QED) is 0.895. The van der Waals surface area contributed by atoms with Crippen molar-refractivity contribution in [3.63, 3.8) is 0 Å². The molecule has 0 spiro atoms.